The van der Waals surface area contributed by atoms with Crippen LogP contribution in [0.5, 0.6) is 0 Å². The molecular weight excluding hydrogens is 240 g/mol. The van der Waals surface area contributed by atoms with Crippen molar-refractivity contribution in [2.24, 2.45) is 0 Å². The molecule has 1 aromatic heterocycles. The zero-order valence-electron chi connectivity index (χ0n) is 9.99. The molecule has 1 amide bonds. The van der Waals surface area contributed by atoms with Crippen LogP contribution in [0.3, 0.4) is 0 Å². The maximum atomic E-state index is 12.1. The molecule has 1 aliphatic rings. The van der Waals surface area contributed by atoms with Crippen LogP contribution < -0.4 is 0 Å². The Hall–Kier alpha value is -1.00. The van der Waals surface area contributed by atoms with Crippen molar-refractivity contribution in [1.29, 1.82) is 0 Å². The third-order valence-electron chi connectivity index (χ3n) is 3.05. The van der Waals surface area contributed by atoms with Crippen molar-refractivity contribution in [2.75, 3.05) is 32.7 Å². The number of carbonyl (C=O) groups excluding carboxylic acids is 1. The number of carbonyl (C=O) groups is 1. The predicted molar refractivity (Wildman–Crippen MR) is 66.4 cm³/mol. The summed E-state index contributed by atoms with van der Waals surface area (Å²) in [5.74, 6) is -0.0279. The molecule has 0 spiro atoms. The zero-order chi connectivity index (χ0) is 12.3. The Morgan fingerprint density at radius 3 is 2.65 bits per heavy atom. The van der Waals surface area contributed by atoms with Crippen LogP contribution in [0.1, 0.15) is 23.7 Å². The van der Waals surface area contributed by atoms with Crippen LogP contribution in [-0.4, -0.2) is 48.4 Å². The van der Waals surface area contributed by atoms with Gasteiger partial charge in [0.2, 0.25) is 5.22 Å². The number of piperazine rings is 1. The van der Waals surface area contributed by atoms with E-state index in [1.54, 1.807) is 6.07 Å². The molecule has 2 heterocycles. The van der Waals surface area contributed by atoms with Crippen LogP contribution in [0.15, 0.2) is 16.7 Å². The maximum Gasteiger partial charge on any atom is 0.258 e. The Balaban J connectivity index is 1.93. The summed E-state index contributed by atoms with van der Waals surface area (Å²) in [6, 6.07) is 1.63. The molecular formula is C12H17ClN2O2. The summed E-state index contributed by atoms with van der Waals surface area (Å²) in [6.07, 6.45) is 2.60. The first kappa shape index (κ1) is 12.5. The van der Waals surface area contributed by atoms with Gasteiger partial charge in [-0.05, 0) is 30.6 Å². The lowest BCUT2D eigenvalue weighted by Crippen LogP contribution is -2.48. The number of furan rings is 1. The van der Waals surface area contributed by atoms with E-state index in [1.165, 1.54) is 6.26 Å². The molecule has 0 N–H and O–H groups in total. The largest absolute Gasteiger partial charge is 0.452 e. The molecule has 0 radical (unpaired) electrons. The molecule has 0 atom stereocenters. The summed E-state index contributed by atoms with van der Waals surface area (Å²) in [7, 11) is 0. The van der Waals surface area contributed by atoms with Gasteiger partial charge in [0.15, 0.2) is 0 Å². The normalized spacial score (nSPS) is 17.4. The Morgan fingerprint density at radius 2 is 2.12 bits per heavy atom. The number of amides is 1. The van der Waals surface area contributed by atoms with Crippen LogP contribution in [0.25, 0.3) is 0 Å². The van der Waals surface area contributed by atoms with Gasteiger partial charge in [-0.1, -0.05) is 6.92 Å². The topological polar surface area (TPSA) is 36.7 Å². The number of halogens is 1. The smallest absolute Gasteiger partial charge is 0.258 e. The van der Waals surface area contributed by atoms with Crippen LogP contribution in [-0.2, 0) is 0 Å². The molecule has 1 aliphatic heterocycles. The average molecular weight is 257 g/mol. The second-order valence-electron chi connectivity index (χ2n) is 4.24. The summed E-state index contributed by atoms with van der Waals surface area (Å²) in [5, 5.41) is 0.186. The minimum absolute atomic E-state index is 0.0279. The van der Waals surface area contributed by atoms with Gasteiger partial charge >= 0.3 is 0 Å². The molecule has 17 heavy (non-hydrogen) atoms. The second kappa shape index (κ2) is 5.56. The molecule has 0 saturated carbocycles. The van der Waals surface area contributed by atoms with E-state index in [0.29, 0.717) is 5.56 Å². The van der Waals surface area contributed by atoms with E-state index >= 15 is 0 Å². The first-order chi connectivity index (χ1) is 8.22. The van der Waals surface area contributed by atoms with Gasteiger partial charge < -0.3 is 9.32 Å². The Bertz CT molecular complexity index is 384. The molecule has 1 fully saturated rings. The quantitative estimate of drug-likeness (QED) is 0.831. The molecule has 2 rings (SSSR count). The Kier molecular flexibility index (Phi) is 4.07. The SMILES string of the molecule is CCCN1CCN(C(=O)c2ccoc2Cl)CC1. The maximum absolute atomic E-state index is 12.1. The van der Waals surface area contributed by atoms with Gasteiger partial charge in [0.05, 0.1) is 11.8 Å². The van der Waals surface area contributed by atoms with Gasteiger partial charge in [0.25, 0.3) is 5.91 Å². The minimum Gasteiger partial charge on any atom is -0.452 e. The van der Waals surface area contributed by atoms with E-state index in [-0.39, 0.29) is 11.1 Å². The molecule has 0 aromatic carbocycles. The van der Waals surface area contributed by atoms with Gasteiger partial charge in [-0.3, -0.25) is 9.69 Å². The summed E-state index contributed by atoms with van der Waals surface area (Å²) >= 11 is 5.81. The highest BCUT2D eigenvalue weighted by molar-refractivity contribution is 6.32. The highest BCUT2D eigenvalue weighted by Gasteiger charge is 2.24. The molecule has 0 unspecified atom stereocenters. The molecule has 1 saturated heterocycles. The predicted octanol–water partition coefficient (Wildman–Crippen LogP) is 2.10. The Morgan fingerprint density at radius 1 is 1.41 bits per heavy atom. The third-order valence-corrected chi connectivity index (χ3v) is 3.34. The zero-order valence-corrected chi connectivity index (χ0v) is 10.7. The second-order valence-corrected chi connectivity index (χ2v) is 4.59. The average Bonchev–Trinajstić information content (AvgIpc) is 2.76. The van der Waals surface area contributed by atoms with Crippen molar-refractivity contribution in [3.63, 3.8) is 0 Å². The molecule has 5 heteroatoms. The highest BCUT2D eigenvalue weighted by Crippen LogP contribution is 2.19. The van der Waals surface area contributed by atoms with Crippen molar-refractivity contribution in [3.05, 3.63) is 23.1 Å². The van der Waals surface area contributed by atoms with E-state index in [9.17, 15) is 4.79 Å². The number of rotatable bonds is 3. The van der Waals surface area contributed by atoms with Crippen LogP contribution in [0.2, 0.25) is 5.22 Å². The fourth-order valence-electron chi connectivity index (χ4n) is 2.11. The van der Waals surface area contributed by atoms with E-state index in [1.807, 2.05) is 4.90 Å². The van der Waals surface area contributed by atoms with Crippen molar-refractivity contribution in [1.82, 2.24) is 9.80 Å². The van der Waals surface area contributed by atoms with Crippen molar-refractivity contribution < 1.29 is 9.21 Å². The lowest BCUT2D eigenvalue weighted by Gasteiger charge is -2.34. The summed E-state index contributed by atoms with van der Waals surface area (Å²) in [6.45, 7) is 6.68. The standard InChI is InChI=1S/C12H17ClN2O2/c1-2-4-14-5-7-15(8-6-14)12(16)10-3-9-17-11(10)13/h3,9H,2,4-8H2,1H3. The summed E-state index contributed by atoms with van der Waals surface area (Å²) < 4.78 is 4.94. The van der Waals surface area contributed by atoms with Gasteiger partial charge in [0, 0.05) is 26.2 Å². The van der Waals surface area contributed by atoms with Gasteiger partial charge in [-0.2, -0.15) is 0 Å². The fraction of sp³-hybridized carbons (Fsp3) is 0.583. The fourth-order valence-corrected chi connectivity index (χ4v) is 2.30. The van der Waals surface area contributed by atoms with E-state index in [2.05, 4.69) is 11.8 Å². The van der Waals surface area contributed by atoms with Gasteiger partial charge in [-0.15, -0.1) is 0 Å². The molecule has 94 valence electrons. The van der Waals surface area contributed by atoms with Gasteiger partial charge in [-0.25, -0.2) is 0 Å². The monoisotopic (exact) mass is 256 g/mol. The van der Waals surface area contributed by atoms with E-state index < -0.39 is 0 Å². The number of hydrogen-bond acceptors (Lipinski definition) is 3. The number of hydrogen-bond donors (Lipinski definition) is 0. The van der Waals surface area contributed by atoms with Crippen molar-refractivity contribution in [2.45, 2.75) is 13.3 Å². The Labute approximate surface area is 106 Å². The van der Waals surface area contributed by atoms with E-state index in [0.717, 1.165) is 39.1 Å². The van der Waals surface area contributed by atoms with Crippen molar-refractivity contribution >= 4 is 17.5 Å². The first-order valence-electron chi connectivity index (χ1n) is 5.97. The van der Waals surface area contributed by atoms with Crippen LogP contribution in [0.4, 0.5) is 0 Å². The van der Waals surface area contributed by atoms with Gasteiger partial charge in [0.1, 0.15) is 0 Å². The number of nitrogens with zero attached hydrogens (tertiary/aromatic N) is 2. The molecule has 0 aliphatic carbocycles. The summed E-state index contributed by atoms with van der Waals surface area (Å²) in [5.41, 5.74) is 0.468. The molecule has 0 bridgehead atoms. The van der Waals surface area contributed by atoms with Crippen LogP contribution >= 0.6 is 11.6 Å². The minimum atomic E-state index is -0.0279. The van der Waals surface area contributed by atoms with Crippen LogP contribution in [0, 0.1) is 0 Å². The third kappa shape index (κ3) is 2.82. The summed E-state index contributed by atoms with van der Waals surface area (Å²) in [4.78, 5) is 16.3. The first-order valence-corrected chi connectivity index (χ1v) is 6.34. The van der Waals surface area contributed by atoms with Crippen molar-refractivity contribution in [3.8, 4) is 0 Å². The highest BCUT2D eigenvalue weighted by atomic mass is 35.5. The molecule has 1 aromatic rings. The lowest BCUT2D eigenvalue weighted by molar-refractivity contribution is 0.0637. The molecule has 4 nitrogen and oxygen atoms in total. The lowest BCUT2D eigenvalue weighted by atomic mass is 10.2. The van der Waals surface area contributed by atoms with E-state index in [4.69, 9.17) is 16.0 Å².